The molecule has 2 aliphatic rings. The molecule has 2 saturated heterocycles. The summed E-state index contributed by atoms with van der Waals surface area (Å²) >= 11 is 0. The highest BCUT2D eigenvalue weighted by molar-refractivity contribution is 5.87. The first-order valence-corrected chi connectivity index (χ1v) is 7.34. The molecule has 2 unspecified atom stereocenters. The predicted molar refractivity (Wildman–Crippen MR) is 73.5 cm³/mol. The number of nitrogens with one attached hydrogen (secondary N) is 1. The van der Waals surface area contributed by atoms with Gasteiger partial charge in [-0.3, -0.25) is 4.79 Å². The number of carbonyl (C=O) groups is 1. The zero-order chi connectivity index (χ0) is 13.2. The summed E-state index contributed by atoms with van der Waals surface area (Å²) in [6, 6.07) is 0.340. The first-order valence-electron chi connectivity index (χ1n) is 7.34. The zero-order valence-electron chi connectivity index (χ0n) is 12.0. The summed E-state index contributed by atoms with van der Waals surface area (Å²) in [7, 11) is 2.13. The molecule has 2 fully saturated rings. The quantitative estimate of drug-likeness (QED) is 0.817. The Hall–Kier alpha value is -0.610. The number of amides is 1. The normalized spacial score (nSPS) is 33.9. The van der Waals surface area contributed by atoms with E-state index in [0.717, 1.165) is 51.9 Å². The van der Waals surface area contributed by atoms with Crippen molar-refractivity contribution in [2.24, 2.45) is 0 Å². The lowest BCUT2D eigenvalue weighted by Crippen LogP contribution is -2.61. The van der Waals surface area contributed by atoms with E-state index in [-0.39, 0.29) is 5.54 Å². The lowest BCUT2D eigenvalue weighted by atomic mass is 9.89. The van der Waals surface area contributed by atoms with Crippen LogP contribution in [0.3, 0.4) is 0 Å². The topological polar surface area (TPSA) is 35.6 Å². The van der Waals surface area contributed by atoms with Gasteiger partial charge in [0.05, 0.1) is 5.54 Å². The van der Waals surface area contributed by atoms with E-state index in [0.29, 0.717) is 11.9 Å². The van der Waals surface area contributed by atoms with Gasteiger partial charge in [0.2, 0.25) is 5.91 Å². The van der Waals surface area contributed by atoms with E-state index >= 15 is 0 Å². The van der Waals surface area contributed by atoms with E-state index in [1.807, 2.05) is 0 Å². The van der Waals surface area contributed by atoms with Gasteiger partial charge in [0.25, 0.3) is 0 Å². The molecule has 104 valence electrons. The minimum absolute atomic E-state index is 0.251. The highest BCUT2D eigenvalue weighted by Crippen LogP contribution is 2.28. The molecule has 0 spiro atoms. The first-order chi connectivity index (χ1) is 8.59. The summed E-state index contributed by atoms with van der Waals surface area (Å²) < 4.78 is 0. The van der Waals surface area contributed by atoms with Crippen LogP contribution in [0.25, 0.3) is 0 Å². The number of hydrogen-bond acceptors (Lipinski definition) is 3. The molecule has 2 rings (SSSR count). The minimum Gasteiger partial charge on any atom is -0.336 e. The van der Waals surface area contributed by atoms with Crippen LogP contribution in [0.1, 0.15) is 39.5 Å². The van der Waals surface area contributed by atoms with Crippen molar-refractivity contribution in [1.29, 1.82) is 0 Å². The van der Waals surface area contributed by atoms with E-state index in [1.54, 1.807) is 0 Å². The van der Waals surface area contributed by atoms with Crippen molar-refractivity contribution in [3.05, 3.63) is 0 Å². The number of carbonyl (C=O) groups excluding carboxylic acids is 1. The Kier molecular flexibility index (Phi) is 4.28. The van der Waals surface area contributed by atoms with Crippen molar-refractivity contribution in [2.45, 2.75) is 51.1 Å². The van der Waals surface area contributed by atoms with Crippen LogP contribution in [-0.2, 0) is 4.79 Å². The van der Waals surface area contributed by atoms with Crippen molar-refractivity contribution in [1.82, 2.24) is 15.1 Å². The molecule has 2 atom stereocenters. The Balaban J connectivity index is 2.09. The average Bonchev–Trinajstić information content (AvgIpc) is 2.78. The lowest BCUT2D eigenvalue weighted by molar-refractivity contribution is -0.142. The molecule has 0 aromatic rings. The fraction of sp³-hybridized carbons (Fsp3) is 0.929. The summed E-state index contributed by atoms with van der Waals surface area (Å²) in [4.78, 5) is 17.3. The summed E-state index contributed by atoms with van der Waals surface area (Å²) in [6.07, 6.45) is 4.19. The molecule has 1 N–H and O–H groups in total. The van der Waals surface area contributed by atoms with Gasteiger partial charge in [0, 0.05) is 25.7 Å². The molecule has 0 aromatic carbocycles. The maximum absolute atomic E-state index is 12.9. The van der Waals surface area contributed by atoms with Crippen LogP contribution >= 0.6 is 0 Å². The molecule has 0 aliphatic carbocycles. The van der Waals surface area contributed by atoms with E-state index in [9.17, 15) is 4.79 Å². The lowest BCUT2D eigenvalue weighted by Gasteiger charge is -2.43. The molecule has 4 nitrogen and oxygen atoms in total. The van der Waals surface area contributed by atoms with Crippen molar-refractivity contribution in [3.63, 3.8) is 0 Å². The SMILES string of the molecule is CCCC1(C(=O)N2CCN(C)CC2C)CCCN1. The van der Waals surface area contributed by atoms with Gasteiger partial charge in [-0.1, -0.05) is 13.3 Å². The fourth-order valence-corrected chi connectivity index (χ4v) is 3.45. The molecule has 2 heterocycles. The van der Waals surface area contributed by atoms with Crippen molar-refractivity contribution in [3.8, 4) is 0 Å². The van der Waals surface area contributed by atoms with Crippen molar-refractivity contribution < 1.29 is 4.79 Å². The van der Waals surface area contributed by atoms with E-state index < -0.39 is 0 Å². The number of piperazine rings is 1. The molecule has 18 heavy (non-hydrogen) atoms. The van der Waals surface area contributed by atoms with Gasteiger partial charge in [-0.05, 0) is 39.8 Å². The number of nitrogens with zero attached hydrogens (tertiary/aromatic N) is 2. The van der Waals surface area contributed by atoms with Gasteiger partial charge >= 0.3 is 0 Å². The number of rotatable bonds is 3. The van der Waals surface area contributed by atoms with Crippen LogP contribution in [0.5, 0.6) is 0 Å². The molecule has 2 aliphatic heterocycles. The Bertz CT molecular complexity index is 299. The standard InChI is InChI=1S/C14H27N3O/c1-4-6-14(7-5-8-15-14)13(18)17-10-9-16(3)11-12(17)2/h12,15H,4-11H2,1-3H3. The molecular weight excluding hydrogens is 226 g/mol. The molecule has 0 aromatic heterocycles. The third kappa shape index (κ3) is 2.54. The van der Waals surface area contributed by atoms with Gasteiger partial charge in [0.1, 0.15) is 0 Å². The smallest absolute Gasteiger partial charge is 0.243 e. The van der Waals surface area contributed by atoms with Gasteiger partial charge in [0.15, 0.2) is 0 Å². The third-order valence-electron chi connectivity index (χ3n) is 4.42. The van der Waals surface area contributed by atoms with Gasteiger partial charge in [-0.15, -0.1) is 0 Å². The van der Waals surface area contributed by atoms with E-state index in [1.165, 1.54) is 0 Å². The molecule has 0 radical (unpaired) electrons. The maximum atomic E-state index is 12.9. The van der Waals surface area contributed by atoms with Crippen LogP contribution in [-0.4, -0.2) is 60.5 Å². The average molecular weight is 253 g/mol. The Labute approximate surface area is 111 Å². The highest BCUT2D eigenvalue weighted by atomic mass is 16.2. The van der Waals surface area contributed by atoms with Crippen LogP contribution in [0.2, 0.25) is 0 Å². The second-order valence-corrected chi connectivity index (χ2v) is 5.97. The zero-order valence-corrected chi connectivity index (χ0v) is 12.0. The molecule has 4 heteroatoms. The number of hydrogen-bond donors (Lipinski definition) is 1. The summed E-state index contributed by atoms with van der Waals surface area (Å²) in [5, 5.41) is 3.50. The summed E-state index contributed by atoms with van der Waals surface area (Å²) in [5.41, 5.74) is -0.251. The fourth-order valence-electron chi connectivity index (χ4n) is 3.45. The second kappa shape index (κ2) is 5.57. The Morgan fingerprint density at radius 2 is 2.22 bits per heavy atom. The van der Waals surface area contributed by atoms with Crippen LogP contribution in [0.15, 0.2) is 0 Å². The van der Waals surface area contributed by atoms with Crippen LogP contribution < -0.4 is 5.32 Å². The third-order valence-corrected chi connectivity index (χ3v) is 4.42. The van der Waals surface area contributed by atoms with Gasteiger partial charge in [-0.2, -0.15) is 0 Å². The summed E-state index contributed by atoms with van der Waals surface area (Å²) in [5.74, 6) is 0.349. The molecular formula is C14H27N3O. The van der Waals surface area contributed by atoms with Crippen LogP contribution in [0.4, 0.5) is 0 Å². The predicted octanol–water partition coefficient (Wildman–Crippen LogP) is 1.07. The van der Waals surface area contributed by atoms with Crippen molar-refractivity contribution in [2.75, 3.05) is 33.2 Å². The van der Waals surface area contributed by atoms with Gasteiger partial charge < -0.3 is 15.1 Å². The highest BCUT2D eigenvalue weighted by Gasteiger charge is 2.44. The van der Waals surface area contributed by atoms with Crippen LogP contribution in [0, 0.1) is 0 Å². The monoisotopic (exact) mass is 253 g/mol. The summed E-state index contributed by atoms with van der Waals surface area (Å²) in [6.45, 7) is 8.20. The number of likely N-dealkylation sites (N-methyl/N-ethyl adjacent to an activating group) is 1. The van der Waals surface area contributed by atoms with Crippen molar-refractivity contribution >= 4 is 5.91 Å². The first kappa shape index (κ1) is 13.8. The van der Waals surface area contributed by atoms with E-state index in [4.69, 9.17) is 0 Å². The molecule has 1 amide bonds. The maximum Gasteiger partial charge on any atom is 0.243 e. The largest absolute Gasteiger partial charge is 0.336 e. The minimum atomic E-state index is -0.251. The Morgan fingerprint density at radius 1 is 1.44 bits per heavy atom. The van der Waals surface area contributed by atoms with Gasteiger partial charge in [-0.25, -0.2) is 0 Å². The molecule has 0 saturated carbocycles. The molecule has 0 bridgehead atoms. The Morgan fingerprint density at radius 3 is 2.78 bits per heavy atom. The second-order valence-electron chi connectivity index (χ2n) is 5.97. The van der Waals surface area contributed by atoms with E-state index in [2.05, 4.69) is 36.0 Å².